The van der Waals surface area contributed by atoms with Gasteiger partial charge in [0.15, 0.2) is 0 Å². The molecule has 1 aromatic heterocycles. The van der Waals surface area contributed by atoms with E-state index in [2.05, 4.69) is 5.10 Å². The van der Waals surface area contributed by atoms with Crippen LogP contribution >= 0.6 is 11.8 Å². The van der Waals surface area contributed by atoms with Gasteiger partial charge < -0.3 is 4.90 Å². The van der Waals surface area contributed by atoms with Gasteiger partial charge in [0.2, 0.25) is 5.91 Å². The first-order valence-electron chi connectivity index (χ1n) is 9.81. The van der Waals surface area contributed by atoms with Gasteiger partial charge in [-0.05, 0) is 29.8 Å². The molecule has 4 nitrogen and oxygen atoms in total. The summed E-state index contributed by atoms with van der Waals surface area (Å²) in [7, 11) is 1.85. The third-order valence-electron chi connectivity index (χ3n) is 4.78. The van der Waals surface area contributed by atoms with Gasteiger partial charge in [-0.15, -0.1) is 11.8 Å². The van der Waals surface area contributed by atoms with Crippen molar-refractivity contribution in [3.63, 3.8) is 0 Å². The molecule has 0 bridgehead atoms. The summed E-state index contributed by atoms with van der Waals surface area (Å²) in [5.74, 6) is 0.0718. The number of carbonyl (C=O) groups is 1. The molecule has 5 heteroatoms. The predicted octanol–water partition coefficient (Wildman–Crippen LogP) is 5.36. The van der Waals surface area contributed by atoms with E-state index >= 15 is 0 Å². The average molecular weight is 414 g/mol. The minimum Gasteiger partial charge on any atom is -0.340 e. The van der Waals surface area contributed by atoms with Gasteiger partial charge in [-0.3, -0.25) is 4.79 Å². The highest BCUT2D eigenvalue weighted by molar-refractivity contribution is 8.00. The number of para-hydroxylation sites is 1. The Balaban J connectivity index is 1.52. The Morgan fingerprint density at radius 1 is 0.933 bits per heavy atom. The second-order valence-corrected chi connectivity index (χ2v) is 8.22. The number of aromatic nitrogens is 2. The van der Waals surface area contributed by atoms with E-state index in [1.54, 1.807) is 16.7 Å². The first-order chi connectivity index (χ1) is 14.7. The number of thioether (sulfide) groups is 1. The van der Waals surface area contributed by atoms with Crippen molar-refractivity contribution in [3.05, 3.63) is 115 Å². The van der Waals surface area contributed by atoms with Crippen molar-refractivity contribution < 1.29 is 4.79 Å². The molecule has 0 fully saturated rings. The monoisotopic (exact) mass is 413 g/mol. The lowest BCUT2D eigenvalue weighted by molar-refractivity contribution is -0.129. The Morgan fingerprint density at radius 2 is 1.53 bits per heavy atom. The first kappa shape index (κ1) is 20.0. The van der Waals surface area contributed by atoms with Crippen molar-refractivity contribution in [2.24, 2.45) is 0 Å². The van der Waals surface area contributed by atoms with Gasteiger partial charge in [0.05, 0.1) is 11.9 Å². The lowest BCUT2D eigenvalue weighted by Crippen LogP contribution is -2.30. The zero-order valence-electron chi connectivity index (χ0n) is 16.8. The van der Waals surface area contributed by atoms with Crippen molar-refractivity contribution in [3.8, 4) is 5.69 Å². The summed E-state index contributed by atoms with van der Waals surface area (Å²) in [5.41, 5.74) is 2.99. The summed E-state index contributed by atoms with van der Waals surface area (Å²) in [6.07, 6.45) is 3.79. The number of hydrogen-bond donors (Lipinski definition) is 0. The normalized spacial score (nSPS) is 11.8. The van der Waals surface area contributed by atoms with Gasteiger partial charge in [-0.25, -0.2) is 4.68 Å². The van der Waals surface area contributed by atoms with Gasteiger partial charge in [0, 0.05) is 30.2 Å². The van der Waals surface area contributed by atoms with Crippen LogP contribution in [0.5, 0.6) is 0 Å². The third-order valence-corrected chi connectivity index (χ3v) is 6.03. The summed E-state index contributed by atoms with van der Waals surface area (Å²) >= 11 is 1.58. The molecule has 0 saturated heterocycles. The van der Waals surface area contributed by atoms with E-state index < -0.39 is 0 Å². The molecule has 0 N–H and O–H groups in total. The summed E-state index contributed by atoms with van der Waals surface area (Å²) in [5, 5.41) is 4.14. The summed E-state index contributed by atoms with van der Waals surface area (Å²) < 4.78 is 1.83. The van der Waals surface area contributed by atoms with Gasteiger partial charge in [-0.1, -0.05) is 66.7 Å². The minimum atomic E-state index is -0.303. The minimum absolute atomic E-state index is 0.0718. The molecule has 0 spiro atoms. The average Bonchev–Trinajstić information content (AvgIpc) is 3.27. The Morgan fingerprint density at radius 3 is 2.20 bits per heavy atom. The molecule has 0 aliphatic carbocycles. The number of hydrogen-bond acceptors (Lipinski definition) is 3. The zero-order chi connectivity index (χ0) is 20.8. The van der Waals surface area contributed by atoms with Crippen molar-refractivity contribution in [2.75, 3.05) is 7.05 Å². The molecule has 4 aromatic rings. The third kappa shape index (κ3) is 4.81. The zero-order valence-corrected chi connectivity index (χ0v) is 17.6. The second kappa shape index (κ2) is 9.46. The fourth-order valence-corrected chi connectivity index (χ4v) is 4.40. The SMILES string of the molecule is CN(Cc1cnn(-c2ccccc2)c1)C(=O)C(Sc1ccccc1)c1ccccc1. The molecule has 1 heterocycles. The van der Waals surface area contributed by atoms with E-state index in [0.717, 1.165) is 21.7 Å². The number of amides is 1. The van der Waals surface area contributed by atoms with Crippen LogP contribution in [0.25, 0.3) is 5.69 Å². The molecule has 1 unspecified atom stereocenters. The standard InChI is InChI=1S/C25H23N3OS/c1-27(18-20-17-26-28(19-20)22-13-7-3-8-14-22)25(29)24(21-11-5-2-6-12-21)30-23-15-9-4-10-16-23/h2-17,19,24H,18H2,1H3. The van der Waals surface area contributed by atoms with E-state index in [1.807, 2.05) is 115 Å². The van der Waals surface area contributed by atoms with Crippen molar-refractivity contribution >= 4 is 17.7 Å². The lowest BCUT2D eigenvalue weighted by atomic mass is 10.1. The van der Waals surface area contributed by atoms with E-state index in [-0.39, 0.29) is 11.2 Å². The number of carbonyl (C=O) groups excluding carboxylic acids is 1. The fourth-order valence-electron chi connectivity index (χ4n) is 3.24. The highest BCUT2D eigenvalue weighted by Gasteiger charge is 2.25. The van der Waals surface area contributed by atoms with Crippen LogP contribution in [-0.2, 0) is 11.3 Å². The highest BCUT2D eigenvalue weighted by Crippen LogP contribution is 2.36. The Bertz CT molecular complexity index is 1080. The summed E-state index contributed by atoms with van der Waals surface area (Å²) in [6, 6.07) is 30.0. The summed E-state index contributed by atoms with van der Waals surface area (Å²) in [6.45, 7) is 0.504. The molecule has 0 saturated carbocycles. The van der Waals surface area contributed by atoms with Crippen LogP contribution < -0.4 is 0 Å². The Kier molecular flexibility index (Phi) is 6.30. The van der Waals surface area contributed by atoms with E-state index in [1.165, 1.54) is 0 Å². The van der Waals surface area contributed by atoms with Crippen LogP contribution in [0, 0.1) is 0 Å². The van der Waals surface area contributed by atoms with Gasteiger partial charge in [-0.2, -0.15) is 5.10 Å². The number of rotatable bonds is 7. The molecule has 30 heavy (non-hydrogen) atoms. The Labute approximate surface area is 181 Å². The molecule has 1 amide bonds. The first-order valence-corrected chi connectivity index (χ1v) is 10.7. The molecule has 1 atom stereocenters. The van der Waals surface area contributed by atoms with E-state index in [0.29, 0.717) is 6.54 Å². The van der Waals surface area contributed by atoms with Crippen molar-refractivity contribution in [1.82, 2.24) is 14.7 Å². The fraction of sp³-hybridized carbons (Fsp3) is 0.120. The topological polar surface area (TPSA) is 38.1 Å². The maximum atomic E-state index is 13.4. The maximum Gasteiger partial charge on any atom is 0.240 e. The van der Waals surface area contributed by atoms with Crippen LogP contribution in [0.4, 0.5) is 0 Å². The van der Waals surface area contributed by atoms with Crippen LogP contribution in [0.3, 0.4) is 0 Å². The van der Waals surface area contributed by atoms with Crippen LogP contribution in [0.15, 0.2) is 108 Å². The van der Waals surface area contributed by atoms with Gasteiger partial charge >= 0.3 is 0 Å². The number of likely N-dealkylation sites (N-methyl/N-ethyl adjacent to an activating group) is 1. The predicted molar refractivity (Wildman–Crippen MR) is 122 cm³/mol. The Hall–Kier alpha value is -3.31. The van der Waals surface area contributed by atoms with Crippen LogP contribution in [0.2, 0.25) is 0 Å². The van der Waals surface area contributed by atoms with E-state index in [9.17, 15) is 4.79 Å². The van der Waals surface area contributed by atoms with E-state index in [4.69, 9.17) is 0 Å². The molecule has 0 aliphatic rings. The quantitative estimate of drug-likeness (QED) is 0.383. The largest absolute Gasteiger partial charge is 0.340 e. The number of benzene rings is 3. The highest BCUT2D eigenvalue weighted by atomic mass is 32.2. The lowest BCUT2D eigenvalue weighted by Gasteiger charge is -2.23. The molecule has 4 rings (SSSR count). The van der Waals surface area contributed by atoms with Crippen LogP contribution in [-0.4, -0.2) is 27.6 Å². The molecule has 0 radical (unpaired) electrons. The summed E-state index contributed by atoms with van der Waals surface area (Å²) in [4.78, 5) is 16.3. The van der Waals surface area contributed by atoms with Gasteiger partial charge in [0.25, 0.3) is 0 Å². The maximum absolute atomic E-state index is 13.4. The van der Waals surface area contributed by atoms with Crippen molar-refractivity contribution in [1.29, 1.82) is 0 Å². The number of nitrogens with zero attached hydrogens (tertiary/aromatic N) is 3. The molecule has 0 aliphatic heterocycles. The van der Waals surface area contributed by atoms with Crippen molar-refractivity contribution in [2.45, 2.75) is 16.7 Å². The molecule has 150 valence electrons. The molecular formula is C25H23N3OS. The smallest absolute Gasteiger partial charge is 0.240 e. The van der Waals surface area contributed by atoms with Gasteiger partial charge in [0.1, 0.15) is 5.25 Å². The molecule has 3 aromatic carbocycles. The van der Waals surface area contributed by atoms with Crippen LogP contribution in [0.1, 0.15) is 16.4 Å². The molecular weight excluding hydrogens is 390 g/mol. The second-order valence-electron chi connectivity index (χ2n) is 7.04.